The van der Waals surface area contributed by atoms with Gasteiger partial charge in [0, 0.05) is 19.5 Å². The predicted octanol–water partition coefficient (Wildman–Crippen LogP) is 0.228. The molecule has 0 saturated carbocycles. The summed E-state index contributed by atoms with van der Waals surface area (Å²) in [5.74, 6) is -0.458. The summed E-state index contributed by atoms with van der Waals surface area (Å²) >= 11 is 0. The Hall–Kier alpha value is -0.995. The van der Waals surface area contributed by atoms with Crippen LogP contribution in [0.2, 0.25) is 0 Å². The fourth-order valence-electron chi connectivity index (χ4n) is 2.51. The zero-order valence-corrected chi connectivity index (χ0v) is 17.1. The Morgan fingerprint density at radius 1 is 1.26 bits per heavy atom. The summed E-state index contributed by atoms with van der Waals surface area (Å²) in [4.78, 5) is 1.65. The molecule has 27 heavy (non-hydrogen) atoms. The van der Waals surface area contributed by atoms with Gasteiger partial charge in [0.2, 0.25) is 0 Å². The Morgan fingerprint density at radius 3 is 2.37 bits per heavy atom. The molecule has 9 heteroatoms. The smallest absolute Gasteiger partial charge is 0.331 e. The minimum absolute atomic E-state index is 0.00870. The molecule has 6 nitrogen and oxygen atoms in total. The fraction of sp³-hybridized carbons (Fsp3) is 0.667. The highest BCUT2D eigenvalue weighted by Gasteiger charge is 2.35. The Kier molecular flexibility index (Phi) is 6.74. The Labute approximate surface area is 161 Å². The van der Waals surface area contributed by atoms with E-state index in [1.54, 1.807) is 44.7 Å². The third-order valence-corrected chi connectivity index (χ3v) is 6.85. The maximum absolute atomic E-state index is 14.4. The van der Waals surface area contributed by atoms with Crippen molar-refractivity contribution in [2.45, 2.75) is 51.5 Å². The van der Waals surface area contributed by atoms with E-state index in [2.05, 4.69) is 0 Å². The van der Waals surface area contributed by atoms with E-state index in [1.165, 1.54) is 13.5 Å². The van der Waals surface area contributed by atoms with Crippen LogP contribution >= 0.6 is 0 Å². The van der Waals surface area contributed by atoms with Crippen LogP contribution in [0.1, 0.15) is 33.3 Å². The number of sulfone groups is 1. The van der Waals surface area contributed by atoms with Gasteiger partial charge in [-0.05, 0) is 39.3 Å². The summed E-state index contributed by atoms with van der Waals surface area (Å²) in [5.41, 5.74) is -1.08. The summed E-state index contributed by atoms with van der Waals surface area (Å²) in [5, 5.41) is 20.4. The molecule has 0 aliphatic carbocycles. The molecule has 1 unspecified atom stereocenters. The van der Waals surface area contributed by atoms with Gasteiger partial charge >= 0.3 is 7.48 Å². The van der Waals surface area contributed by atoms with Crippen molar-refractivity contribution in [3.8, 4) is 0 Å². The summed E-state index contributed by atoms with van der Waals surface area (Å²) < 4.78 is 42.9. The van der Waals surface area contributed by atoms with Crippen molar-refractivity contribution in [2.24, 2.45) is 0 Å². The number of nitrogens with zero attached hydrogens (tertiary/aromatic N) is 1. The zero-order valence-electron chi connectivity index (χ0n) is 16.3. The lowest BCUT2D eigenvalue weighted by molar-refractivity contribution is -0.0893. The summed E-state index contributed by atoms with van der Waals surface area (Å²) in [6.07, 6.45) is -0.863. The first-order chi connectivity index (χ1) is 12.3. The van der Waals surface area contributed by atoms with Crippen molar-refractivity contribution in [1.82, 2.24) is 4.90 Å². The predicted molar refractivity (Wildman–Crippen MR) is 103 cm³/mol. The molecule has 0 aromatic heterocycles. The molecule has 1 aromatic rings. The van der Waals surface area contributed by atoms with Crippen molar-refractivity contribution in [2.75, 3.05) is 24.6 Å². The molecule has 0 bridgehead atoms. The Bertz CT molecular complexity index is 750. The second kappa shape index (κ2) is 8.17. The molecule has 1 saturated heterocycles. The van der Waals surface area contributed by atoms with E-state index in [1.807, 2.05) is 0 Å². The molecule has 0 spiro atoms. The van der Waals surface area contributed by atoms with Gasteiger partial charge in [0.15, 0.2) is 9.84 Å². The van der Waals surface area contributed by atoms with Crippen molar-refractivity contribution in [3.05, 3.63) is 29.6 Å². The number of halogens is 1. The molecule has 0 amide bonds. The molecule has 2 rings (SSSR count). The van der Waals surface area contributed by atoms with Crippen molar-refractivity contribution < 1.29 is 27.7 Å². The Balaban J connectivity index is 1.96. The maximum Gasteiger partial charge on any atom is 0.331 e. The van der Waals surface area contributed by atoms with E-state index in [0.717, 1.165) is 0 Å². The number of aliphatic hydroxyl groups is 2. The van der Waals surface area contributed by atoms with Crippen LogP contribution in [0.4, 0.5) is 4.39 Å². The standard InChI is InChI=1S/C18H28BFNO5S/c1-17(2,23)18(3,4)26-19-14-6-5-13(15(20)12-14)11-16(22)21-7-9-27(24,25)10-8-21/h5-6,12,16,22-23H,7-11H2,1-4H3. The monoisotopic (exact) mass is 400 g/mol. The van der Waals surface area contributed by atoms with Crippen molar-refractivity contribution in [3.63, 3.8) is 0 Å². The van der Waals surface area contributed by atoms with E-state index >= 15 is 0 Å². The topological polar surface area (TPSA) is 87.1 Å². The molecular weight excluding hydrogens is 372 g/mol. The third-order valence-electron chi connectivity index (χ3n) is 5.24. The molecule has 1 aromatic carbocycles. The number of rotatable bonds is 7. The molecular formula is C18H28BFNO5S. The molecule has 151 valence electrons. The highest BCUT2D eigenvalue weighted by Crippen LogP contribution is 2.24. The van der Waals surface area contributed by atoms with Gasteiger partial charge < -0.3 is 14.9 Å². The quantitative estimate of drug-likeness (QED) is 0.638. The van der Waals surface area contributed by atoms with Crippen molar-refractivity contribution >= 4 is 22.8 Å². The highest BCUT2D eigenvalue weighted by atomic mass is 32.2. The van der Waals surface area contributed by atoms with E-state index in [-0.39, 0.29) is 31.0 Å². The van der Waals surface area contributed by atoms with Crippen LogP contribution in [0, 0.1) is 5.82 Å². The van der Waals surface area contributed by atoms with Crippen LogP contribution in [0.25, 0.3) is 0 Å². The summed E-state index contributed by atoms with van der Waals surface area (Å²) in [7, 11) is -1.63. The van der Waals surface area contributed by atoms with E-state index < -0.39 is 33.1 Å². The molecule has 1 radical (unpaired) electrons. The highest BCUT2D eigenvalue weighted by molar-refractivity contribution is 7.91. The molecule has 1 aliphatic heterocycles. The van der Waals surface area contributed by atoms with Gasteiger partial charge in [-0.3, -0.25) is 4.90 Å². The zero-order chi connectivity index (χ0) is 20.5. The van der Waals surface area contributed by atoms with Crippen LogP contribution in [0.5, 0.6) is 0 Å². The van der Waals surface area contributed by atoms with Gasteiger partial charge in [-0.2, -0.15) is 0 Å². The van der Waals surface area contributed by atoms with Gasteiger partial charge in [0.05, 0.1) is 22.7 Å². The maximum atomic E-state index is 14.4. The minimum atomic E-state index is -3.03. The lowest BCUT2D eigenvalue weighted by atomic mass is 9.82. The van der Waals surface area contributed by atoms with E-state index in [0.29, 0.717) is 11.0 Å². The van der Waals surface area contributed by atoms with Crippen LogP contribution in [-0.2, 0) is 20.9 Å². The first kappa shape index (κ1) is 22.3. The average molecular weight is 400 g/mol. The van der Waals surface area contributed by atoms with Crippen LogP contribution in [0.15, 0.2) is 18.2 Å². The van der Waals surface area contributed by atoms with Crippen LogP contribution in [-0.4, -0.2) is 73.0 Å². The van der Waals surface area contributed by atoms with Gasteiger partial charge in [-0.25, -0.2) is 12.8 Å². The molecule has 1 atom stereocenters. The van der Waals surface area contributed by atoms with Gasteiger partial charge in [0.25, 0.3) is 0 Å². The number of hydrogen-bond acceptors (Lipinski definition) is 6. The lowest BCUT2D eigenvalue weighted by Crippen LogP contribution is -2.49. The number of aliphatic hydroxyl groups excluding tert-OH is 1. The van der Waals surface area contributed by atoms with E-state index in [4.69, 9.17) is 4.65 Å². The minimum Gasteiger partial charge on any atom is -0.427 e. The van der Waals surface area contributed by atoms with Crippen LogP contribution in [0.3, 0.4) is 0 Å². The summed E-state index contributed by atoms with van der Waals surface area (Å²) in [6, 6.07) is 4.56. The largest absolute Gasteiger partial charge is 0.427 e. The van der Waals surface area contributed by atoms with Crippen LogP contribution < -0.4 is 5.46 Å². The SMILES string of the molecule is CC(C)(O)C(C)(C)O[B]c1ccc(CC(O)N2CCS(=O)(=O)CC2)c(F)c1. The molecule has 1 aliphatic rings. The van der Waals surface area contributed by atoms with Gasteiger partial charge in [-0.15, -0.1) is 0 Å². The normalized spacial score (nSPS) is 19.7. The molecule has 2 N–H and O–H groups in total. The first-order valence-corrected chi connectivity index (χ1v) is 10.8. The van der Waals surface area contributed by atoms with Gasteiger partial charge in [-0.1, -0.05) is 17.6 Å². The summed E-state index contributed by atoms with van der Waals surface area (Å²) in [6.45, 7) is 7.25. The third kappa shape index (κ3) is 5.99. The lowest BCUT2D eigenvalue weighted by Gasteiger charge is -2.37. The second-order valence-electron chi connectivity index (χ2n) is 8.03. The van der Waals surface area contributed by atoms with Crippen molar-refractivity contribution in [1.29, 1.82) is 0 Å². The Morgan fingerprint density at radius 2 is 1.85 bits per heavy atom. The van der Waals surface area contributed by atoms with E-state index in [9.17, 15) is 23.0 Å². The first-order valence-electron chi connectivity index (χ1n) is 8.95. The van der Waals surface area contributed by atoms with Gasteiger partial charge in [0.1, 0.15) is 12.0 Å². The second-order valence-corrected chi connectivity index (χ2v) is 10.3. The fourth-order valence-corrected chi connectivity index (χ4v) is 3.74. The number of hydrogen-bond donors (Lipinski definition) is 2. The average Bonchev–Trinajstić information content (AvgIpc) is 2.54. The number of benzene rings is 1. The molecule has 1 fully saturated rings. The molecule has 1 heterocycles.